The fraction of sp³-hybridized carbons (Fsp3) is 0.400. The monoisotopic (exact) mass is 318 g/mol. The van der Waals surface area contributed by atoms with Crippen molar-refractivity contribution < 1.29 is 30.4 Å². The standard InChI is InChI=1S/C10H11F5N2O2S/c1-16-4-6-2-7(11)9(12)8(3-6)20(18,19)17-5-10(13,14)15/h2-3,16-17H,4-5H2,1H3. The molecule has 0 unspecified atom stereocenters. The summed E-state index contributed by atoms with van der Waals surface area (Å²) in [5.41, 5.74) is 0.0822. The highest BCUT2D eigenvalue weighted by Gasteiger charge is 2.31. The molecule has 2 N–H and O–H groups in total. The van der Waals surface area contributed by atoms with Gasteiger partial charge in [-0.3, -0.25) is 0 Å². The Labute approximate surface area is 112 Å². The first-order valence-corrected chi connectivity index (χ1v) is 6.74. The molecule has 1 rings (SSSR count). The van der Waals surface area contributed by atoms with Crippen molar-refractivity contribution in [3.63, 3.8) is 0 Å². The number of rotatable bonds is 5. The van der Waals surface area contributed by atoms with E-state index in [1.54, 1.807) is 0 Å². The normalized spacial score (nSPS) is 12.7. The van der Waals surface area contributed by atoms with Gasteiger partial charge in [-0.15, -0.1) is 0 Å². The minimum absolute atomic E-state index is 0.0268. The van der Waals surface area contributed by atoms with Crippen molar-refractivity contribution in [2.75, 3.05) is 13.6 Å². The number of alkyl halides is 3. The molecule has 0 saturated heterocycles. The number of nitrogens with one attached hydrogen (secondary N) is 2. The third-order valence-electron chi connectivity index (χ3n) is 2.19. The summed E-state index contributed by atoms with van der Waals surface area (Å²) in [5, 5.41) is 2.58. The third-order valence-corrected chi connectivity index (χ3v) is 3.59. The van der Waals surface area contributed by atoms with Gasteiger partial charge < -0.3 is 5.32 Å². The predicted octanol–water partition coefficient (Wildman–Crippen LogP) is 1.52. The SMILES string of the molecule is CNCc1cc(F)c(F)c(S(=O)(=O)NCC(F)(F)F)c1. The Hall–Kier alpha value is -1.26. The lowest BCUT2D eigenvalue weighted by Gasteiger charge is -2.11. The van der Waals surface area contributed by atoms with Crippen LogP contribution in [0.4, 0.5) is 22.0 Å². The fourth-order valence-corrected chi connectivity index (χ4v) is 2.52. The van der Waals surface area contributed by atoms with E-state index in [1.165, 1.54) is 11.8 Å². The highest BCUT2D eigenvalue weighted by Crippen LogP contribution is 2.21. The molecule has 0 heterocycles. The van der Waals surface area contributed by atoms with Gasteiger partial charge in [-0.2, -0.15) is 13.2 Å². The summed E-state index contributed by atoms with van der Waals surface area (Å²) < 4.78 is 86.9. The van der Waals surface area contributed by atoms with E-state index in [9.17, 15) is 30.4 Å². The van der Waals surface area contributed by atoms with Gasteiger partial charge in [0.15, 0.2) is 11.6 Å². The zero-order valence-corrected chi connectivity index (χ0v) is 11.0. The van der Waals surface area contributed by atoms with Crippen LogP contribution in [0.15, 0.2) is 17.0 Å². The van der Waals surface area contributed by atoms with Crippen LogP contribution < -0.4 is 10.0 Å². The van der Waals surface area contributed by atoms with E-state index in [1.807, 2.05) is 0 Å². The molecule has 0 aliphatic heterocycles. The van der Waals surface area contributed by atoms with Gasteiger partial charge in [0.1, 0.15) is 11.4 Å². The maximum atomic E-state index is 13.4. The molecule has 114 valence electrons. The number of halogens is 5. The molecule has 0 spiro atoms. The van der Waals surface area contributed by atoms with Crippen LogP contribution in [0.1, 0.15) is 5.56 Å². The van der Waals surface area contributed by atoms with Gasteiger partial charge in [0.2, 0.25) is 10.0 Å². The Morgan fingerprint density at radius 3 is 2.30 bits per heavy atom. The van der Waals surface area contributed by atoms with E-state index in [-0.39, 0.29) is 12.1 Å². The van der Waals surface area contributed by atoms with Crippen molar-refractivity contribution in [3.8, 4) is 0 Å². The summed E-state index contributed by atoms with van der Waals surface area (Å²) in [4.78, 5) is -1.16. The van der Waals surface area contributed by atoms with Gasteiger partial charge in [0.05, 0.1) is 0 Å². The van der Waals surface area contributed by atoms with E-state index in [0.29, 0.717) is 0 Å². The van der Waals surface area contributed by atoms with Crippen molar-refractivity contribution in [2.45, 2.75) is 17.6 Å². The zero-order chi connectivity index (χ0) is 15.6. The van der Waals surface area contributed by atoms with E-state index in [4.69, 9.17) is 0 Å². The summed E-state index contributed by atoms with van der Waals surface area (Å²) in [7, 11) is -3.32. The third kappa shape index (κ3) is 4.39. The first-order valence-electron chi connectivity index (χ1n) is 5.26. The van der Waals surface area contributed by atoms with Crippen molar-refractivity contribution in [2.24, 2.45) is 0 Å². The quantitative estimate of drug-likeness (QED) is 0.810. The molecule has 4 nitrogen and oxygen atoms in total. The molecule has 0 saturated carbocycles. The van der Waals surface area contributed by atoms with Crippen molar-refractivity contribution in [3.05, 3.63) is 29.3 Å². The van der Waals surface area contributed by atoms with Crippen LogP contribution in [0, 0.1) is 11.6 Å². The highest BCUT2D eigenvalue weighted by molar-refractivity contribution is 7.89. The van der Waals surface area contributed by atoms with Gasteiger partial charge in [-0.1, -0.05) is 0 Å². The van der Waals surface area contributed by atoms with Crippen LogP contribution in [-0.4, -0.2) is 28.2 Å². The molecule has 0 fully saturated rings. The summed E-state index contributed by atoms with van der Waals surface area (Å²) in [5.74, 6) is -3.18. The Morgan fingerprint density at radius 2 is 1.80 bits per heavy atom. The van der Waals surface area contributed by atoms with Crippen molar-refractivity contribution in [1.29, 1.82) is 0 Å². The van der Waals surface area contributed by atoms with Crippen molar-refractivity contribution >= 4 is 10.0 Å². The Balaban J connectivity index is 3.17. The minimum Gasteiger partial charge on any atom is -0.316 e. The molecule has 0 radical (unpaired) electrons. The van der Waals surface area contributed by atoms with Gasteiger partial charge >= 0.3 is 6.18 Å². The zero-order valence-electron chi connectivity index (χ0n) is 10.2. The second kappa shape index (κ2) is 6.02. The van der Waals surface area contributed by atoms with Crippen molar-refractivity contribution in [1.82, 2.24) is 10.0 Å². The number of benzene rings is 1. The molecule has 0 atom stereocenters. The Kier molecular flexibility index (Phi) is 5.05. The average molecular weight is 318 g/mol. The largest absolute Gasteiger partial charge is 0.402 e. The lowest BCUT2D eigenvalue weighted by Crippen LogP contribution is -2.34. The van der Waals surface area contributed by atoms with Gasteiger partial charge in [-0.25, -0.2) is 21.9 Å². The van der Waals surface area contributed by atoms with Crippen LogP contribution in [0.5, 0.6) is 0 Å². The van der Waals surface area contributed by atoms with E-state index in [2.05, 4.69) is 5.32 Å². The molecule has 0 aliphatic carbocycles. The second-order valence-electron chi connectivity index (χ2n) is 3.86. The second-order valence-corrected chi connectivity index (χ2v) is 5.60. The fourth-order valence-electron chi connectivity index (χ4n) is 1.37. The molecule has 0 amide bonds. The van der Waals surface area contributed by atoms with Crippen LogP contribution >= 0.6 is 0 Å². The predicted molar refractivity (Wildman–Crippen MR) is 60.4 cm³/mol. The van der Waals surface area contributed by atoms with Crippen LogP contribution in [0.2, 0.25) is 0 Å². The Morgan fingerprint density at radius 1 is 1.20 bits per heavy atom. The number of sulfonamides is 1. The Bertz CT molecular complexity index is 586. The van der Waals surface area contributed by atoms with E-state index >= 15 is 0 Å². The summed E-state index contributed by atoms with van der Waals surface area (Å²) in [6, 6.07) is 1.53. The topological polar surface area (TPSA) is 58.2 Å². The van der Waals surface area contributed by atoms with Crippen LogP contribution in [-0.2, 0) is 16.6 Å². The number of hydrogen-bond donors (Lipinski definition) is 2. The molecule has 0 bridgehead atoms. The van der Waals surface area contributed by atoms with Gasteiger partial charge in [0.25, 0.3) is 0 Å². The smallest absolute Gasteiger partial charge is 0.316 e. The molecule has 0 aliphatic rings. The summed E-state index contributed by atoms with van der Waals surface area (Å²) in [6.45, 7) is -1.84. The molecule has 1 aromatic carbocycles. The molecule has 0 aromatic heterocycles. The van der Waals surface area contributed by atoms with Crippen LogP contribution in [0.25, 0.3) is 0 Å². The number of hydrogen-bond acceptors (Lipinski definition) is 3. The van der Waals surface area contributed by atoms with E-state index in [0.717, 1.165) is 12.1 Å². The van der Waals surface area contributed by atoms with Crippen LogP contribution in [0.3, 0.4) is 0 Å². The maximum Gasteiger partial charge on any atom is 0.402 e. The van der Waals surface area contributed by atoms with E-state index < -0.39 is 39.3 Å². The molecular weight excluding hydrogens is 307 g/mol. The lowest BCUT2D eigenvalue weighted by molar-refractivity contribution is -0.121. The molecule has 10 heteroatoms. The van der Waals surface area contributed by atoms with Gasteiger partial charge in [-0.05, 0) is 24.7 Å². The minimum atomic E-state index is -4.80. The molecular formula is C10H11F5N2O2S. The maximum absolute atomic E-state index is 13.4. The van der Waals surface area contributed by atoms with Gasteiger partial charge in [0, 0.05) is 6.54 Å². The molecule has 1 aromatic rings. The first kappa shape index (κ1) is 16.8. The molecule has 20 heavy (non-hydrogen) atoms. The highest BCUT2D eigenvalue weighted by atomic mass is 32.2. The summed E-state index contributed by atoms with van der Waals surface area (Å²) >= 11 is 0. The first-order chi connectivity index (χ1) is 9.07. The lowest BCUT2D eigenvalue weighted by atomic mass is 10.2. The summed E-state index contributed by atoms with van der Waals surface area (Å²) in [6.07, 6.45) is -4.80. The average Bonchev–Trinajstić information content (AvgIpc) is 2.30.